The molecule has 0 aromatic rings. The second-order valence-electron chi connectivity index (χ2n) is 4.28. The van der Waals surface area contributed by atoms with E-state index in [0.29, 0.717) is 0 Å². The summed E-state index contributed by atoms with van der Waals surface area (Å²) in [5.41, 5.74) is 0. The molecule has 12 heavy (non-hydrogen) atoms. The van der Waals surface area contributed by atoms with Crippen LogP contribution in [0.5, 0.6) is 0 Å². The van der Waals surface area contributed by atoms with E-state index < -0.39 is 0 Å². The van der Waals surface area contributed by atoms with Gasteiger partial charge in [-0.25, -0.2) is 0 Å². The Balaban J connectivity index is 3.54. The van der Waals surface area contributed by atoms with Gasteiger partial charge in [-0.05, 0) is 18.3 Å². The van der Waals surface area contributed by atoms with Gasteiger partial charge in [-0.15, -0.1) is 0 Å². The molecule has 0 saturated heterocycles. The predicted molar refractivity (Wildman–Crippen MR) is 57.1 cm³/mol. The van der Waals surface area contributed by atoms with Crippen molar-refractivity contribution in [1.29, 1.82) is 0 Å². The van der Waals surface area contributed by atoms with Gasteiger partial charge in [-0.3, -0.25) is 0 Å². The molecule has 1 atom stereocenters. The third kappa shape index (κ3) is 6.69. The van der Waals surface area contributed by atoms with Gasteiger partial charge in [0.1, 0.15) is 0 Å². The molecule has 0 N–H and O–H groups in total. The summed E-state index contributed by atoms with van der Waals surface area (Å²) in [5, 5.41) is 0. The van der Waals surface area contributed by atoms with Crippen LogP contribution in [-0.2, 0) is 0 Å². The Hall–Kier alpha value is 0. The van der Waals surface area contributed by atoms with Crippen molar-refractivity contribution < 1.29 is 0 Å². The Morgan fingerprint density at radius 3 is 2.25 bits per heavy atom. The lowest BCUT2D eigenvalue weighted by atomic mass is 9.89. The zero-order valence-corrected chi connectivity index (χ0v) is 9.10. The fraction of sp³-hybridized carbons (Fsp3) is 0.917. The molecular formula is C12H25. The van der Waals surface area contributed by atoms with Crippen molar-refractivity contribution in [3.63, 3.8) is 0 Å². The first-order chi connectivity index (χ1) is 5.70. The zero-order valence-electron chi connectivity index (χ0n) is 9.10. The van der Waals surface area contributed by atoms with Gasteiger partial charge < -0.3 is 0 Å². The molecule has 0 bridgehead atoms. The number of hydrogen-bond donors (Lipinski definition) is 0. The molecule has 0 fully saturated rings. The average Bonchev–Trinajstić information content (AvgIpc) is 2.00. The van der Waals surface area contributed by atoms with E-state index in [-0.39, 0.29) is 0 Å². The maximum absolute atomic E-state index is 3.94. The second-order valence-corrected chi connectivity index (χ2v) is 4.28. The number of hydrogen-bond acceptors (Lipinski definition) is 0. The van der Waals surface area contributed by atoms with Crippen molar-refractivity contribution >= 4 is 0 Å². The molecule has 0 nitrogen and oxygen atoms in total. The molecule has 73 valence electrons. The van der Waals surface area contributed by atoms with Crippen LogP contribution >= 0.6 is 0 Å². The highest BCUT2D eigenvalue weighted by atomic mass is 14.1. The first-order valence-electron chi connectivity index (χ1n) is 5.49. The molecular weight excluding hydrogens is 144 g/mol. The van der Waals surface area contributed by atoms with Gasteiger partial charge in [-0.2, -0.15) is 0 Å². The Morgan fingerprint density at radius 2 is 1.83 bits per heavy atom. The van der Waals surface area contributed by atoms with Crippen LogP contribution in [0.25, 0.3) is 0 Å². The minimum absolute atomic E-state index is 0.860. The quantitative estimate of drug-likeness (QED) is 0.528. The number of unbranched alkanes of at least 4 members (excludes halogenated alkanes) is 1. The van der Waals surface area contributed by atoms with Crippen LogP contribution in [0.2, 0.25) is 0 Å². The Morgan fingerprint density at radius 1 is 1.17 bits per heavy atom. The first kappa shape index (κ1) is 12.0. The van der Waals surface area contributed by atoms with Crippen molar-refractivity contribution in [3.05, 3.63) is 6.92 Å². The standard InChI is InChI=1S/C12H25/c1-5-7-9-12(8-6-2)10-11(3)4/h11-12H,2,5-10H2,1,3-4H3. The van der Waals surface area contributed by atoms with E-state index in [9.17, 15) is 0 Å². The third-order valence-electron chi connectivity index (χ3n) is 2.38. The largest absolute Gasteiger partial charge is 0.0654 e. The summed E-state index contributed by atoms with van der Waals surface area (Å²) < 4.78 is 0. The van der Waals surface area contributed by atoms with E-state index in [0.717, 1.165) is 18.3 Å². The average molecular weight is 169 g/mol. The van der Waals surface area contributed by atoms with Crippen LogP contribution in [0.15, 0.2) is 0 Å². The van der Waals surface area contributed by atoms with E-state index in [1.54, 1.807) is 0 Å². The van der Waals surface area contributed by atoms with Crippen molar-refractivity contribution in [2.45, 2.75) is 59.3 Å². The molecule has 0 spiro atoms. The fourth-order valence-corrected chi connectivity index (χ4v) is 1.83. The van der Waals surface area contributed by atoms with Crippen molar-refractivity contribution in [2.75, 3.05) is 0 Å². The van der Waals surface area contributed by atoms with Crippen molar-refractivity contribution in [3.8, 4) is 0 Å². The fourth-order valence-electron chi connectivity index (χ4n) is 1.83. The SMILES string of the molecule is [CH2]CCC(CCCC)CC(C)C. The van der Waals surface area contributed by atoms with Gasteiger partial charge in [0.25, 0.3) is 0 Å². The maximum atomic E-state index is 3.94. The van der Waals surface area contributed by atoms with Crippen LogP contribution in [0, 0.1) is 18.8 Å². The second kappa shape index (κ2) is 7.64. The predicted octanol–water partition coefficient (Wildman–Crippen LogP) is 4.45. The highest BCUT2D eigenvalue weighted by Gasteiger charge is 2.08. The molecule has 0 aliphatic rings. The van der Waals surface area contributed by atoms with Crippen LogP contribution in [0.1, 0.15) is 59.3 Å². The summed E-state index contributed by atoms with van der Waals surface area (Å²) in [6.07, 6.45) is 8.00. The molecule has 0 aliphatic carbocycles. The van der Waals surface area contributed by atoms with E-state index in [1.165, 1.54) is 32.1 Å². The van der Waals surface area contributed by atoms with E-state index in [2.05, 4.69) is 27.7 Å². The molecule has 0 aliphatic heterocycles. The lowest BCUT2D eigenvalue weighted by Crippen LogP contribution is -2.04. The van der Waals surface area contributed by atoms with Gasteiger partial charge in [0.2, 0.25) is 0 Å². The van der Waals surface area contributed by atoms with Gasteiger partial charge in [0, 0.05) is 0 Å². The lowest BCUT2D eigenvalue weighted by Gasteiger charge is -2.17. The minimum Gasteiger partial charge on any atom is -0.0654 e. The Kier molecular flexibility index (Phi) is 7.64. The molecule has 1 unspecified atom stereocenters. The van der Waals surface area contributed by atoms with Crippen LogP contribution < -0.4 is 0 Å². The summed E-state index contributed by atoms with van der Waals surface area (Å²) >= 11 is 0. The molecule has 0 aromatic carbocycles. The third-order valence-corrected chi connectivity index (χ3v) is 2.38. The smallest absolute Gasteiger partial charge is 0.0412 e. The first-order valence-corrected chi connectivity index (χ1v) is 5.49. The Bertz CT molecular complexity index is 84.0. The van der Waals surface area contributed by atoms with E-state index >= 15 is 0 Å². The van der Waals surface area contributed by atoms with Crippen LogP contribution in [0.4, 0.5) is 0 Å². The van der Waals surface area contributed by atoms with Gasteiger partial charge in [-0.1, -0.05) is 59.8 Å². The molecule has 0 heteroatoms. The maximum Gasteiger partial charge on any atom is -0.0412 e. The molecule has 0 aromatic heterocycles. The van der Waals surface area contributed by atoms with E-state index in [1.807, 2.05) is 0 Å². The lowest BCUT2D eigenvalue weighted by molar-refractivity contribution is 0.357. The van der Waals surface area contributed by atoms with Crippen molar-refractivity contribution in [1.82, 2.24) is 0 Å². The topological polar surface area (TPSA) is 0 Å². The van der Waals surface area contributed by atoms with E-state index in [4.69, 9.17) is 0 Å². The zero-order chi connectivity index (χ0) is 9.40. The van der Waals surface area contributed by atoms with Crippen LogP contribution in [0.3, 0.4) is 0 Å². The highest BCUT2D eigenvalue weighted by Crippen LogP contribution is 2.22. The van der Waals surface area contributed by atoms with Gasteiger partial charge in [0.05, 0.1) is 0 Å². The van der Waals surface area contributed by atoms with Gasteiger partial charge >= 0.3 is 0 Å². The summed E-state index contributed by atoms with van der Waals surface area (Å²) in [6.45, 7) is 10.9. The number of rotatable bonds is 7. The molecule has 0 amide bonds. The van der Waals surface area contributed by atoms with Gasteiger partial charge in [0.15, 0.2) is 0 Å². The molecule has 1 radical (unpaired) electrons. The minimum atomic E-state index is 0.860. The normalized spacial score (nSPS) is 13.8. The molecule has 0 rings (SSSR count). The molecule has 0 saturated carbocycles. The summed E-state index contributed by atoms with van der Waals surface area (Å²) in [4.78, 5) is 0. The summed E-state index contributed by atoms with van der Waals surface area (Å²) in [5.74, 6) is 1.81. The Labute approximate surface area is 78.8 Å². The monoisotopic (exact) mass is 169 g/mol. The molecule has 0 heterocycles. The summed E-state index contributed by atoms with van der Waals surface area (Å²) in [7, 11) is 0. The highest BCUT2D eigenvalue weighted by molar-refractivity contribution is 4.62. The van der Waals surface area contributed by atoms with Crippen LogP contribution in [-0.4, -0.2) is 0 Å². The summed E-state index contributed by atoms with van der Waals surface area (Å²) in [6, 6.07) is 0. The van der Waals surface area contributed by atoms with Crippen molar-refractivity contribution in [2.24, 2.45) is 11.8 Å².